The van der Waals surface area contributed by atoms with E-state index in [1.165, 1.54) is 13.3 Å². The number of nitrogens with one attached hydrogen (secondary N) is 2. The molecule has 0 spiro atoms. The highest BCUT2D eigenvalue weighted by molar-refractivity contribution is 5.92. The third-order valence-electron chi connectivity index (χ3n) is 4.04. The van der Waals surface area contributed by atoms with Gasteiger partial charge < -0.3 is 15.0 Å². The number of hydrogen-bond acceptors (Lipinski definition) is 4. The maximum atomic E-state index is 12.3. The van der Waals surface area contributed by atoms with Crippen molar-refractivity contribution in [2.24, 2.45) is 5.92 Å². The Bertz CT molecular complexity index is 498. The van der Waals surface area contributed by atoms with Crippen molar-refractivity contribution in [3.63, 3.8) is 0 Å². The molecule has 6 nitrogen and oxygen atoms in total. The molecule has 1 amide bonds. The van der Waals surface area contributed by atoms with E-state index in [2.05, 4.69) is 15.3 Å². The van der Waals surface area contributed by atoms with Crippen molar-refractivity contribution in [1.82, 2.24) is 15.3 Å². The zero-order valence-electron chi connectivity index (χ0n) is 12.6. The minimum absolute atomic E-state index is 0.166. The van der Waals surface area contributed by atoms with E-state index in [0.29, 0.717) is 5.69 Å². The smallest absolute Gasteiger partial charge is 0.310 e. The first-order valence-electron chi connectivity index (χ1n) is 7.58. The second-order valence-electron chi connectivity index (χ2n) is 5.44. The highest BCUT2D eigenvalue weighted by Crippen LogP contribution is 2.24. The molecule has 6 heteroatoms. The molecule has 1 aromatic heterocycles. The number of rotatable bonds is 4. The second kappa shape index (κ2) is 7.24. The van der Waals surface area contributed by atoms with Crippen LogP contribution in [0.25, 0.3) is 0 Å². The molecule has 2 atom stereocenters. The SMILES string of the molecule is CCc1ncc(C(=O)N[C@@H]2CCCCC[C@H]2C(=O)OC)[nH]1. The summed E-state index contributed by atoms with van der Waals surface area (Å²) in [6.07, 6.45) is 6.96. The molecule has 21 heavy (non-hydrogen) atoms. The maximum Gasteiger partial charge on any atom is 0.310 e. The molecule has 0 saturated heterocycles. The Kier molecular flexibility index (Phi) is 5.36. The van der Waals surface area contributed by atoms with Gasteiger partial charge in [0.1, 0.15) is 11.5 Å². The van der Waals surface area contributed by atoms with E-state index in [-0.39, 0.29) is 23.8 Å². The van der Waals surface area contributed by atoms with Gasteiger partial charge in [0.25, 0.3) is 5.91 Å². The number of ether oxygens (including phenoxy) is 1. The van der Waals surface area contributed by atoms with Crippen molar-refractivity contribution < 1.29 is 14.3 Å². The number of aryl methyl sites for hydroxylation is 1. The van der Waals surface area contributed by atoms with Crippen LogP contribution in [0.1, 0.15) is 55.3 Å². The summed E-state index contributed by atoms with van der Waals surface area (Å²) in [6.45, 7) is 1.97. The summed E-state index contributed by atoms with van der Waals surface area (Å²) in [5.74, 6) is 0.0876. The summed E-state index contributed by atoms with van der Waals surface area (Å²) in [6, 6.07) is -0.166. The molecule has 2 N–H and O–H groups in total. The van der Waals surface area contributed by atoms with E-state index in [0.717, 1.165) is 44.3 Å². The summed E-state index contributed by atoms with van der Waals surface area (Å²) >= 11 is 0. The average Bonchev–Trinajstić information content (AvgIpc) is 2.87. The van der Waals surface area contributed by atoms with Crippen molar-refractivity contribution in [1.29, 1.82) is 0 Å². The predicted octanol–water partition coefficient (Wildman–Crippen LogP) is 1.82. The number of amides is 1. The monoisotopic (exact) mass is 293 g/mol. The minimum atomic E-state index is -0.255. The first-order chi connectivity index (χ1) is 10.2. The van der Waals surface area contributed by atoms with Crippen molar-refractivity contribution in [3.8, 4) is 0 Å². The molecule has 0 radical (unpaired) electrons. The van der Waals surface area contributed by atoms with Gasteiger partial charge in [0, 0.05) is 12.5 Å². The number of nitrogens with zero attached hydrogens (tertiary/aromatic N) is 1. The fourth-order valence-electron chi connectivity index (χ4n) is 2.82. The zero-order valence-corrected chi connectivity index (χ0v) is 12.6. The van der Waals surface area contributed by atoms with Gasteiger partial charge in [-0.3, -0.25) is 9.59 Å². The summed E-state index contributed by atoms with van der Waals surface area (Å²) in [5, 5.41) is 2.97. The van der Waals surface area contributed by atoms with Gasteiger partial charge in [0.05, 0.1) is 19.2 Å². The van der Waals surface area contributed by atoms with Crippen LogP contribution in [0, 0.1) is 5.92 Å². The van der Waals surface area contributed by atoms with Gasteiger partial charge in [-0.25, -0.2) is 4.98 Å². The highest BCUT2D eigenvalue weighted by Gasteiger charge is 2.31. The largest absolute Gasteiger partial charge is 0.469 e. The van der Waals surface area contributed by atoms with Crippen molar-refractivity contribution in [2.75, 3.05) is 7.11 Å². The number of carbonyl (C=O) groups is 2. The summed E-state index contributed by atoms with van der Waals surface area (Å²) in [5.41, 5.74) is 0.444. The zero-order chi connectivity index (χ0) is 15.2. The van der Waals surface area contributed by atoms with Crippen LogP contribution in [0.3, 0.4) is 0 Å². The molecule has 1 fully saturated rings. The van der Waals surface area contributed by atoms with Crippen molar-refractivity contribution >= 4 is 11.9 Å². The fraction of sp³-hybridized carbons (Fsp3) is 0.667. The van der Waals surface area contributed by atoms with Crippen LogP contribution >= 0.6 is 0 Å². The molecule has 1 saturated carbocycles. The molecule has 1 aromatic rings. The quantitative estimate of drug-likeness (QED) is 0.655. The number of hydrogen-bond donors (Lipinski definition) is 2. The molecule has 1 heterocycles. The molecule has 0 aromatic carbocycles. The van der Waals surface area contributed by atoms with Crippen molar-refractivity contribution in [3.05, 3.63) is 17.7 Å². The van der Waals surface area contributed by atoms with Gasteiger partial charge in [-0.2, -0.15) is 0 Å². The van der Waals surface area contributed by atoms with Crippen LogP contribution in [-0.2, 0) is 16.0 Å². The van der Waals surface area contributed by atoms with Gasteiger partial charge in [-0.05, 0) is 12.8 Å². The Morgan fingerprint density at radius 2 is 2.14 bits per heavy atom. The Hall–Kier alpha value is -1.85. The maximum absolute atomic E-state index is 12.3. The molecule has 1 aliphatic rings. The summed E-state index contributed by atoms with van der Waals surface area (Å²) in [4.78, 5) is 31.3. The van der Waals surface area contributed by atoms with Crippen LogP contribution in [-0.4, -0.2) is 35.0 Å². The van der Waals surface area contributed by atoms with E-state index in [9.17, 15) is 9.59 Å². The lowest BCUT2D eigenvalue weighted by molar-refractivity contribution is -0.146. The topological polar surface area (TPSA) is 84.1 Å². The predicted molar refractivity (Wildman–Crippen MR) is 77.8 cm³/mol. The van der Waals surface area contributed by atoms with Crippen LogP contribution in [0.5, 0.6) is 0 Å². The summed E-state index contributed by atoms with van der Waals surface area (Å²) in [7, 11) is 1.40. The van der Waals surface area contributed by atoms with Gasteiger partial charge in [-0.1, -0.05) is 26.2 Å². The molecule has 0 unspecified atom stereocenters. The number of imidazole rings is 1. The standard InChI is InChI=1S/C15H23N3O3/c1-3-13-16-9-12(17-13)14(19)18-11-8-6-4-5-7-10(11)15(20)21-2/h9-11H,3-8H2,1-2H3,(H,16,17)(H,18,19)/t10-,11-/m1/s1. The van der Waals surface area contributed by atoms with Gasteiger partial charge >= 0.3 is 5.97 Å². The van der Waals surface area contributed by atoms with E-state index >= 15 is 0 Å². The van der Waals surface area contributed by atoms with E-state index in [1.807, 2.05) is 6.92 Å². The molecule has 0 bridgehead atoms. The lowest BCUT2D eigenvalue weighted by Gasteiger charge is -2.23. The van der Waals surface area contributed by atoms with E-state index in [4.69, 9.17) is 4.74 Å². The minimum Gasteiger partial charge on any atom is -0.469 e. The molecular formula is C15H23N3O3. The molecule has 0 aliphatic heterocycles. The Morgan fingerprint density at radius 3 is 2.81 bits per heavy atom. The molecule has 2 rings (SSSR count). The van der Waals surface area contributed by atoms with Crippen LogP contribution in [0.15, 0.2) is 6.20 Å². The molecule has 1 aliphatic carbocycles. The van der Waals surface area contributed by atoms with Crippen LogP contribution in [0.2, 0.25) is 0 Å². The Morgan fingerprint density at radius 1 is 1.38 bits per heavy atom. The summed E-state index contributed by atoms with van der Waals surface area (Å²) < 4.78 is 4.87. The first-order valence-corrected chi connectivity index (χ1v) is 7.58. The van der Waals surface area contributed by atoms with E-state index < -0.39 is 0 Å². The van der Waals surface area contributed by atoms with Crippen LogP contribution < -0.4 is 5.32 Å². The first kappa shape index (κ1) is 15.5. The Labute approximate surface area is 124 Å². The van der Waals surface area contributed by atoms with Crippen LogP contribution in [0.4, 0.5) is 0 Å². The van der Waals surface area contributed by atoms with Gasteiger partial charge in [0.2, 0.25) is 0 Å². The van der Waals surface area contributed by atoms with Crippen molar-refractivity contribution in [2.45, 2.75) is 51.5 Å². The number of esters is 1. The average molecular weight is 293 g/mol. The number of methoxy groups -OCH3 is 1. The number of carbonyl (C=O) groups excluding carboxylic acids is 2. The lowest BCUT2D eigenvalue weighted by atomic mass is 9.94. The normalized spacial score (nSPS) is 22.4. The number of aromatic nitrogens is 2. The third kappa shape index (κ3) is 3.83. The van der Waals surface area contributed by atoms with Gasteiger partial charge in [0.15, 0.2) is 0 Å². The molecule has 116 valence electrons. The second-order valence-corrected chi connectivity index (χ2v) is 5.44. The number of H-pyrrole nitrogens is 1. The fourth-order valence-corrected chi connectivity index (χ4v) is 2.82. The third-order valence-corrected chi connectivity index (χ3v) is 4.04. The Balaban J connectivity index is 2.06. The lowest BCUT2D eigenvalue weighted by Crippen LogP contribution is -2.43. The number of aromatic amines is 1. The van der Waals surface area contributed by atoms with Gasteiger partial charge in [-0.15, -0.1) is 0 Å². The highest BCUT2D eigenvalue weighted by atomic mass is 16.5. The van der Waals surface area contributed by atoms with E-state index in [1.54, 1.807) is 0 Å². The molecular weight excluding hydrogens is 270 g/mol.